The second kappa shape index (κ2) is 4.67. The van der Waals surface area contributed by atoms with Crippen molar-refractivity contribution in [3.63, 3.8) is 0 Å². The van der Waals surface area contributed by atoms with Crippen molar-refractivity contribution >= 4 is 0 Å². The van der Waals surface area contributed by atoms with Gasteiger partial charge in [0.25, 0.3) is 0 Å². The van der Waals surface area contributed by atoms with E-state index in [4.69, 9.17) is 19.2 Å². The van der Waals surface area contributed by atoms with Gasteiger partial charge in [0.2, 0.25) is 5.79 Å². The molecule has 2 saturated carbocycles. The Morgan fingerprint density at radius 2 is 1.80 bits per heavy atom. The Bertz CT molecular complexity index is 379. The summed E-state index contributed by atoms with van der Waals surface area (Å²) in [5, 5.41) is 0. The molecule has 4 rings (SSSR count). The van der Waals surface area contributed by atoms with Gasteiger partial charge in [-0.25, -0.2) is 9.78 Å². The summed E-state index contributed by atoms with van der Waals surface area (Å²) in [6.45, 7) is 5.34. The van der Waals surface area contributed by atoms with Crippen molar-refractivity contribution in [1.29, 1.82) is 0 Å². The fraction of sp³-hybridized carbons (Fsp3) is 1.00. The summed E-state index contributed by atoms with van der Waals surface area (Å²) in [6, 6.07) is 0. The monoisotopic (exact) mass is 282 g/mol. The van der Waals surface area contributed by atoms with Gasteiger partial charge in [-0.3, -0.25) is 0 Å². The van der Waals surface area contributed by atoms with E-state index in [1.165, 1.54) is 12.8 Å². The van der Waals surface area contributed by atoms with Crippen molar-refractivity contribution in [3.8, 4) is 0 Å². The zero-order valence-electron chi connectivity index (χ0n) is 12.6. The van der Waals surface area contributed by atoms with Crippen LogP contribution in [0.2, 0.25) is 0 Å². The number of hydrogen-bond acceptors (Lipinski definition) is 4. The fourth-order valence-corrected chi connectivity index (χ4v) is 4.79. The molecule has 114 valence electrons. The number of ether oxygens (including phenoxy) is 2. The molecule has 0 amide bonds. The van der Waals surface area contributed by atoms with Gasteiger partial charge in [0.15, 0.2) is 11.9 Å². The summed E-state index contributed by atoms with van der Waals surface area (Å²) in [4.78, 5) is 12.0. The molecule has 0 aromatic carbocycles. The summed E-state index contributed by atoms with van der Waals surface area (Å²) >= 11 is 0. The molecule has 2 spiro atoms. The second-order valence-corrected chi connectivity index (χ2v) is 7.49. The van der Waals surface area contributed by atoms with Crippen molar-refractivity contribution in [2.24, 2.45) is 17.8 Å². The Labute approximate surface area is 121 Å². The van der Waals surface area contributed by atoms with E-state index in [-0.39, 0.29) is 11.9 Å². The Kier molecular flexibility index (Phi) is 3.15. The Balaban J connectivity index is 1.62. The second-order valence-electron chi connectivity index (χ2n) is 7.49. The maximum Gasteiger partial charge on any atom is 0.204 e. The molecule has 0 N–H and O–H groups in total. The van der Waals surface area contributed by atoms with Crippen LogP contribution in [-0.2, 0) is 19.2 Å². The first-order valence-corrected chi connectivity index (χ1v) is 8.30. The van der Waals surface area contributed by atoms with Crippen LogP contribution in [0, 0.1) is 17.8 Å². The lowest BCUT2D eigenvalue weighted by Crippen LogP contribution is -2.67. The summed E-state index contributed by atoms with van der Waals surface area (Å²) in [6.07, 6.45) is 7.39. The third-order valence-corrected chi connectivity index (χ3v) is 5.90. The summed E-state index contributed by atoms with van der Waals surface area (Å²) in [5.74, 6) is 1.13. The molecule has 0 aromatic rings. The van der Waals surface area contributed by atoms with E-state index < -0.39 is 5.79 Å². The molecule has 4 nitrogen and oxygen atoms in total. The molecule has 2 aliphatic carbocycles. The smallest absolute Gasteiger partial charge is 0.204 e. The highest BCUT2D eigenvalue weighted by Gasteiger charge is 2.62. The maximum absolute atomic E-state index is 6.33. The van der Waals surface area contributed by atoms with E-state index in [1.807, 2.05) is 0 Å². The van der Waals surface area contributed by atoms with Crippen molar-refractivity contribution in [1.82, 2.24) is 0 Å². The highest BCUT2D eigenvalue weighted by atomic mass is 17.3. The van der Waals surface area contributed by atoms with Crippen LogP contribution in [0.15, 0.2) is 0 Å². The van der Waals surface area contributed by atoms with Gasteiger partial charge in [0.1, 0.15) is 0 Å². The minimum absolute atomic E-state index is 0.238. The van der Waals surface area contributed by atoms with Crippen molar-refractivity contribution < 1.29 is 19.2 Å². The zero-order chi connectivity index (χ0) is 13.8. The summed E-state index contributed by atoms with van der Waals surface area (Å²) in [7, 11) is 0. The van der Waals surface area contributed by atoms with Crippen molar-refractivity contribution in [2.75, 3.05) is 6.61 Å². The SMILES string of the molecule is C[C@@H]1CC[C@H]2[C@H](C)CO[C@@H]3OC4(CCCC4)OO[C@@]32C1. The quantitative estimate of drug-likeness (QED) is 0.638. The van der Waals surface area contributed by atoms with Crippen LogP contribution in [0.4, 0.5) is 0 Å². The van der Waals surface area contributed by atoms with Gasteiger partial charge in [-0.1, -0.05) is 20.3 Å². The Morgan fingerprint density at radius 3 is 2.60 bits per heavy atom. The lowest BCUT2D eigenvalue weighted by molar-refractivity contribution is -0.571. The molecular weight excluding hydrogens is 256 g/mol. The minimum Gasteiger partial charge on any atom is -0.349 e. The third-order valence-electron chi connectivity index (χ3n) is 5.90. The Morgan fingerprint density at radius 1 is 1.00 bits per heavy atom. The molecule has 20 heavy (non-hydrogen) atoms. The minimum atomic E-state index is -0.526. The topological polar surface area (TPSA) is 36.9 Å². The summed E-state index contributed by atoms with van der Waals surface area (Å²) < 4.78 is 12.4. The van der Waals surface area contributed by atoms with Crippen LogP contribution in [0.1, 0.15) is 58.8 Å². The first-order valence-electron chi connectivity index (χ1n) is 8.30. The molecule has 0 unspecified atom stereocenters. The van der Waals surface area contributed by atoms with Gasteiger partial charge in [0, 0.05) is 18.8 Å². The lowest BCUT2D eigenvalue weighted by Gasteiger charge is -2.57. The average molecular weight is 282 g/mol. The third kappa shape index (κ3) is 1.88. The molecule has 0 radical (unpaired) electrons. The molecule has 5 atom stereocenters. The largest absolute Gasteiger partial charge is 0.349 e. The lowest BCUT2D eigenvalue weighted by atomic mass is 9.65. The normalized spacial score (nSPS) is 50.7. The molecule has 4 aliphatic rings. The average Bonchev–Trinajstić information content (AvgIpc) is 2.88. The predicted octanol–water partition coefficient (Wildman–Crippen LogP) is 3.40. The van der Waals surface area contributed by atoms with E-state index in [0.717, 1.165) is 38.7 Å². The van der Waals surface area contributed by atoms with E-state index in [2.05, 4.69) is 13.8 Å². The molecule has 4 heteroatoms. The van der Waals surface area contributed by atoms with Crippen LogP contribution < -0.4 is 0 Å². The molecular formula is C16H26O4. The van der Waals surface area contributed by atoms with Crippen molar-refractivity contribution in [2.45, 2.75) is 76.5 Å². The highest BCUT2D eigenvalue weighted by Crippen LogP contribution is 2.54. The van der Waals surface area contributed by atoms with E-state index in [9.17, 15) is 0 Å². The molecule has 2 saturated heterocycles. The first kappa shape index (κ1) is 13.5. The van der Waals surface area contributed by atoms with E-state index in [1.54, 1.807) is 0 Å². The van der Waals surface area contributed by atoms with Crippen molar-refractivity contribution in [3.05, 3.63) is 0 Å². The Hall–Kier alpha value is -0.160. The molecule has 0 aromatic heterocycles. The van der Waals surface area contributed by atoms with Crippen LogP contribution in [0.3, 0.4) is 0 Å². The van der Waals surface area contributed by atoms with E-state index >= 15 is 0 Å². The van der Waals surface area contributed by atoms with Crippen LogP contribution >= 0.6 is 0 Å². The van der Waals surface area contributed by atoms with Gasteiger partial charge in [-0.2, -0.15) is 0 Å². The number of rotatable bonds is 0. The van der Waals surface area contributed by atoms with Crippen LogP contribution in [0.25, 0.3) is 0 Å². The number of hydrogen-bond donors (Lipinski definition) is 0. The van der Waals surface area contributed by atoms with Gasteiger partial charge >= 0.3 is 0 Å². The molecule has 0 bridgehead atoms. The standard InChI is InChI=1S/C16H26O4/c1-11-5-6-13-12(2)10-17-14-16(13,9-11)20-19-15(18-14)7-3-4-8-15/h11-14H,3-10H2,1-2H3/t11-,12-,13+,14-,16-/m1/s1. The van der Waals surface area contributed by atoms with Gasteiger partial charge in [-0.15, -0.1) is 0 Å². The van der Waals surface area contributed by atoms with Gasteiger partial charge in [-0.05, 0) is 37.5 Å². The first-order chi connectivity index (χ1) is 9.64. The molecule has 4 fully saturated rings. The summed E-state index contributed by atoms with van der Waals surface area (Å²) in [5.41, 5.74) is -0.372. The van der Waals surface area contributed by atoms with E-state index in [0.29, 0.717) is 17.8 Å². The molecule has 2 aliphatic heterocycles. The highest BCUT2D eigenvalue weighted by molar-refractivity contribution is 5.02. The molecule has 2 heterocycles. The van der Waals surface area contributed by atoms with Gasteiger partial charge < -0.3 is 9.47 Å². The van der Waals surface area contributed by atoms with Crippen LogP contribution in [-0.4, -0.2) is 24.3 Å². The van der Waals surface area contributed by atoms with Crippen LogP contribution in [0.5, 0.6) is 0 Å². The maximum atomic E-state index is 6.33. The fourth-order valence-electron chi connectivity index (χ4n) is 4.79. The zero-order valence-corrected chi connectivity index (χ0v) is 12.6. The van der Waals surface area contributed by atoms with Gasteiger partial charge in [0.05, 0.1) is 6.61 Å². The predicted molar refractivity (Wildman–Crippen MR) is 72.6 cm³/mol.